The van der Waals surface area contributed by atoms with Crippen LogP contribution in [0.2, 0.25) is 5.02 Å². The molecule has 0 unspecified atom stereocenters. The number of carbonyl (C=O) groups is 2. The van der Waals surface area contributed by atoms with Gasteiger partial charge in [0, 0.05) is 48.1 Å². The zero-order valence-corrected chi connectivity index (χ0v) is 22.1. The van der Waals surface area contributed by atoms with Crippen LogP contribution < -0.4 is 10.2 Å². The maximum absolute atomic E-state index is 12.7. The van der Waals surface area contributed by atoms with E-state index in [1.165, 1.54) is 11.8 Å². The van der Waals surface area contributed by atoms with Gasteiger partial charge in [-0.2, -0.15) is 0 Å². The monoisotopic (exact) mass is 547 g/mol. The largest absolute Gasteiger partial charge is 0.416 e. The lowest BCUT2D eigenvalue weighted by Crippen LogP contribution is -2.48. The number of piperazine rings is 1. The van der Waals surface area contributed by atoms with E-state index in [1.54, 1.807) is 24.3 Å². The molecule has 38 heavy (non-hydrogen) atoms. The van der Waals surface area contributed by atoms with Gasteiger partial charge in [0.25, 0.3) is 11.1 Å². The Balaban J connectivity index is 1.06. The number of aromatic nitrogens is 2. The fraction of sp³-hybridized carbons (Fsp3) is 0.214. The lowest BCUT2D eigenvalue weighted by molar-refractivity contribution is -0.113. The summed E-state index contributed by atoms with van der Waals surface area (Å²) >= 11 is 7.14. The van der Waals surface area contributed by atoms with Crippen molar-refractivity contribution in [3.63, 3.8) is 0 Å². The number of thioether (sulfide) groups is 1. The molecule has 1 aromatic heterocycles. The van der Waals surface area contributed by atoms with E-state index in [4.69, 9.17) is 16.0 Å². The average molecular weight is 548 g/mol. The van der Waals surface area contributed by atoms with Gasteiger partial charge < -0.3 is 19.5 Å². The first-order valence-electron chi connectivity index (χ1n) is 12.2. The summed E-state index contributed by atoms with van der Waals surface area (Å²) in [6, 6.07) is 24.6. The molecule has 1 fully saturated rings. The number of halogens is 1. The van der Waals surface area contributed by atoms with Crippen LogP contribution in [0.25, 0.3) is 0 Å². The van der Waals surface area contributed by atoms with Crippen molar-refractivity contribution in [3.05, 3.63) is 101 Å². The number of nitrogens with zero attached hydrogens (tertiary/aromatic N) is 4. The van der Waals surface area contributed by atoms with E-state index >= 15 is 0 Å². The quantitative estimate of drug-likeness (QED) is 0.310. The van der Waals surface area contributed by atoms with Gasteiger partial charge in [0.1, 0.15) is 0 Å². The van der Waals surface area contributed by atoms with E-state index in [-0.39, 0.29) is 17.6 Å². The third kappa shape index (κ3) is 6.73. The van der Waals surface area contributed by atoms with E-state index < -0.39 is 0 Å². The Morgan fingerprint density at radius 1 is 0.895 bits per heavy atom. The van der Waals surface area contributed by atoms with E-state index in [0.717, 1.165) is 24.3 Å². The molecule has 1 N–H and O–H groups in total. The van der Waals surface area contributed by atoms with Crippen molar-refractivity contribution in [2.45, 2.75) is 11.6 Å². The minimum Gasteiger partial charge on any atom is -0.416 e. The first-order chi connectivity index (χ1) is 18.5. The predicted octanol–water partition coefficient (Wildman–Crippen LogP) is 5.01. The molecule has 1 aliphatic heterocycles. The molecule has 0 aliphatic carbocycles. The molecule has 1 saturated heterocycles. The van der Waals surface area contributed by atoms with E-state index in [2.05, 4.69) is 20.4 Å². The Bertz CT molecular complexity index is 1370. The number of hydrogen-bond donors (Lipinski definition) is 1. The molecule has 2 amide bonds. The summed E-state index contributed by atoms with van der Waals surface area (Å²) in [5.41, 5.74) is 3.49. The van der Waals surface area contributed by atoms with Gasteiger partial charge in [0.2, 0.25) is 11.8 Å². The summed E-state index contributed by atoms with van der Waals surface area (Å²) in [6.45, 7) is 2.75. The van der Waals surface area contributed by atoms with E-state index in [9.17, 15) is 9.59 Å². The van der Waals surface area contributed by atoms with Crippen LogP contribution in [0.3, 0.4) is 0 Å². The van der Waals surface area contributed by atoms with Crippen molar-refractivity contribution in [2.75, 3.05) is 42.1 Å². The third-order valence-electron chi connectivity index (χ3n) is 6.15. The standard InChI is InChI=1S/C28H26ClN5O3S/c29-22-8-6-21(7-9-22)27(36)34-16-14-33(15-17-34)24-12-10-23(11-13-24)30-25(35)19-38-28-32-31-26(37-28)18-20-4-2-1-3-5-20/h1-13H,14-19H2,(H,30,35). The van der Waals surface area contributed by atoms with Crippen molar-refractivity contribution in [1.82, 2.24) is 15.1 Å². The maximum atomic E-state index is 12.7. The highest BCUT2D eigenvalue weighted by Gasteiger charge is 2.22. The lowest BCUT2D eigenvalue weighted by Gasteiger charge is -2.36. The fourth-order valence-corrected chi connectivity index (χ4v) is 4.87. The highest BCUT2D eigenvalue weighted by atomic mass is 35.5. The number of amides is 2. The Kier molecular flexibility index (Phi) is 8.25. The number of anilines is 2. The van der Waals surface area contributed by atoms with Crippen LogP contribution in [0.1, 0.15) is 21.8 Å². The molecular weight excluding hydrogens is 522 g/mol. The zero-order valence-electron chi connectivity index (χ0n) is 20.5. The number of carbonyl (C=O) groups excluding carboxylic acids is 2. The van der Waals surface area contributed by atoms with Crippen molar-refractivity contribution >= 4 is 46.6 Å². The topological polar surface area (TPSA) is 91.6 Å². The Hall–Kier alpha value is -3.82. The van der Waals surface area contributed by atoms with E-state index in [1.807, 2.05) is 59.5 Å². The lowest BCUT2D eigenvalue weighted by atomic mass is 10.1. The molecule has 5 rings (SSSR count). The number of rotatable bonds is 8. The minimum atomic E-state index is -0.153. The SMILES string of the molecule is O=C(CSc1nnc(Cc2ccccc2)o1)Nc1ccc(N2CCN(C(=O)c3ccc(Cl)cc3)CC2)cc1. The average Bonchev–Trinajstić information content (AvgIpc) is 3.40. The molecule has 0 spiro atoms. The number of benzene rings is 3. The van der Waals surface area contributed by atoms with Gasteiger partial charge in [0.05, 0.1) is 12.2 Å². The maximum Gasteiger partial charge on any atom is 0.277 e. The van der Waals surface area contributed by atoms with Gasteiger partial charge >= 0.3 is 0 Å². The summed E-state index contributed by atoms with van der Waals surface area (Å²) in [5.74, 6) is 0.549. The molecule has 0 atom stereocenters. The molecule has 3 aromatic carbocycles. The second kappa shape index (κ2) is 12.1. The first kappa shape index (κ1) is 25.8. The molecular formula is C28H26ClN5O3S. The smallest absolute Gasteiger partial charge is 0.277 e. The second-order valence-electron chi connectivity index (χ2n) is 8.79. The highest BCUT2D eigenvalue weighted by molar-refractivity contribution is 7.99. The first-order valence-corrected chi connectivity index (χ1v) is 13.6. The van der Waals surface area contributed by atoms with Crippen molar-refractivity contribution in [1.29, 1.82) is 0 Å². The van der Waals surface area contributed by atoms with E-state index in [0.29, 0.717) is 46.9 Å². The highest BCUT2D eigenvalue weighted by Crippen LogP contribution is 2.22. The fourth-order valence-electron chi connectivity index (χ4n) is 4.16. The van der Waals surface area contributed by atoms with Gasteiger partial charge in [-0.25, -0.2) is 0 Å². The Morgan fingerprint density at radius 3 is 2.32 bits per heavy atom. The molecule has 4 aromatic rings. The van der Waals surface area contributed by atoms with Crippen LogP contribution in [0, 0.1) is 0 Å². The van der Waals surface area contributed by atoms with Crippen molar-refractivity contribution < 1.29 is 14.0 Å². The predicted molar refractivity (Wildman–Crippen MR) is 149 cm³/mol. The Morgan fingerprint density at radius 2 is 1.61 bits per heavy atom. The zero-order chi connectivity index (χ0) is 26.3. The summed E-state index contributed by atoms with van der Waals surface area (Å²) in [4.78, 5) is 29.3. The van der Waals surface area contributed by atoms with Crippen LogP contribution in [-0.4, -0.2) is 58.8 Å². The third-order valence-corrected chi connectivity index (χ3v) is 7.22. The van der Waals surface area contributed by atoms with Crippen molar-refractivity contribution in [3.8, 4) is 0 Å². The molecule has 2 heterocycles. The molecule has 0 saturated carbocycles. The van der Waals surface area contributed by atoms with Crippen LogP contribution in [0.4, 0.5) is 11.4 Å². The number of hydrogen-bond acceptors (Lipinski definition) is 7. The summed E-state index contributed by atoms with van der Waals surface area (Å²) in [6.07, 6.45) is 0.556. The molecule has 1 aliphatic rings. The summed E-state index contributed by atoms with van der Waals surface area (Å²) < 4.78 is 5.65. The normalized spacial score (nSPS) is 13.4. The van der Waals surface area contributed by atoms with Gasteiger partial charge in [-0.3, -0.25) is 9.59 Å². The van der Waals surface area contributed by atoms with Crippen molar-refractivity contribution in [2.24, 2.45) is 0 Å². The summed E-state index contributed by atoms with van der Waals surface area (Å²) in [7, 11) is 0. The van der Waals surface area contributed by atoms with Crippen LogP contribution >= 0.6 is 23.4 Å². The number of nitrogens with one attached hydrogen (secondary N) is 1. The van der Waals surface area contributed by atoms with Gasteiger partial charge in [0.15, 0.2) is 0 Å². The van der Waals surface area contributed by atoms with Gasteiger partial charge in [-0.1, -0.05) is 53.7 Å². The van der Waals surface area contributed by atoms with Crippen LogP contribution in [0.15, 0.2) is 88.5 Å². The van der Waals surface area contributed by atoms with Gasteiger partial charge in [-0.05, 0) is 54.1 Å². The molecule has 0 radical (unpaired) electrons. The van der Waals surface area contributed by atoms with Crippen LogP contribution in [0.5, 0.6) is 0 Å². The molecule has 10 heteroatoms. The minimum absolute atomic E-state index is 0.0187. The molecule has 194 valence electrons. The molecule has 8 nitrogen and oxygen atoms in total. The van der Waals surface area contributed by atoms with Gasteiger partial charge in [-0.15, -0.1) is 10.2 Å². The second-order valence-corrected chi connectivity index (χ2v) is 10.2. The molecule has 0 bridgehead atoms. The Labute approximate surface area is 230 Å². The summed E-state index contributed by atoms with van der Waals surface area (Å²) in [5, 5.41) is 12.0. The van der Waals surface area contributed by atoms with Crippen LogP contribution in [-0.2, 0) is 11.2 Å².